The molecule has 23 heavy (non-hydrogen) atoms. The van der Waals surface area contributed by atoms with Crippen LogP contribution in [0.15, 0.2) is 40.9 Å². The van der Waals surface area contributed by atoms with Crippen LogP contribution in [0.2, 0.25) is 0 Å². The van der Waals surface area contributed by atoms with Gasteiger partial charge in [0.15, 0.2) is 5.76 Å². The largest absolute Gasteiger partial charge is 0.359 e. The van der Waals surface area contributed by atoms with Crippen molar-refractivity contribution in [3.63, 3.8) is 0 Å². The number of rotatable bonds is 5. The van der Waals surface area contributed by atoms with Crippen molar-refractivity contribution in [3.05, 3.63) is 42.2 Å². The Labute approximate surface area is 136 Å². The molecule has 1 amide bonds. The molecule has 0 radical (unpaired) electrons. The molecule has 1 N–H and O–H groups in total. The summed E-state index contributed by atoms with van der Waals surface area (Å²) in [4.78, 5) is 16.1. The van der Waals surface area contributed by atoms with Crippen LogP contribution in [0, 0.1) is 0 Å². The van der Waals surface area contributed by atoms with Crippen LogP contribution in [0.3, 0.4) is 0 Å². The van der Waals surface area contributed by atoms with E-state index in [1.54, 1.807) is 0 Å². The first-order chi connectivity index (χ1) is 11.2. The summed E-state index contributed by atoms with van der Waals surface area (Å²) in [5, 5.41) is 7.35. The Bertz CT molecular complexity index is 635. The third-order valence-corrected chi connectivity index (χ3v) is 3.93. The van der Waals surface area contributed by atoms with E-state index in [1.807, 2.05) is 53.2 Å². The highest BCUT2D eigenvalue weighted by Gasteiger charge is 2.18. The molecule has 0 saturated carbocycles. The molecule has 1 aromatic heterocycles. The topological polar surface area (TPSA) is 61.6 Å². The molecular formula is C17H22N4O2. The van der Waals surface area contributed by atoms with Gasteiger partial charge in [-0.05, 0) is 7.05 Å². The monoisotopic (exact) mass is 314 g/mol. The van der Waals surface area contributed by atoms with Gasteiger partial charge in [0, 0.05) is 37.8 Å². The first kappa shape index (κ1) is 15.7. The lowest BCUT2D eigenvalue weighted by atomic mass is 10.1. The Morgan fingerprint density at radius 2 is 2.04 bits per heavy atom. The summed E-state index contributed by atoms with van der Waals surface area (Å²) in [6, 6.07) is 11.9. The van der Waals surface area contributed by atoms with Crippen LogP contribution in [-0.2, 0) is 11.3 Å². The van der Waals surface area contributed by atoms with Gasteiger partial charge < -0.3 is 14.7 Å². The van der Waals surface area contributed by atoms with Crippen molar-refractivity contribution in [2.24, 2.45) is 0 Å². The van der Waals surface area contributed by atoms with E-state index in [1.165, 1.54) is 0 Å². The highest BCUT2D eigenvalue weighted by Crippen LogP contribution is 2.19. The van der Waals surface area contributed by atoms with E-state index < -0.39 is 0 Å². The third kappa shape index (κ3) is 4.18. The van der Waals surface area contributed by atoms with Crippen molar-refractivity contribution >= 4 is 5.91 Å². The molecule has 2 aromatic rings. The minimum absolute atomic E-state index is 0.164. The fourth-order valence-corrected chi connectivity index (χ4v) is 2.70. The second kappa shape index (κ2) is 7.39. The molecule has 1 aromatic carbocycles. The van der Waals surface area contributed by atoms with E-state index in [4.69, 9.17) is 4.52 Å². The summed E-state index contributed by atoms with van der Waals surface area (Å²) < 4.78 is 5.39. The maximum Gasteiger partial charge on any atom is 0.236 e. The minimum atomic E-state index is 0.164. The molecule has 0 aliphatic carbocycles. The van der Waals surface area contributed by atoms with E-state index in [9.17, 15) is 4.79 Å². The van der Waals surface area contributed by atoms with Gasteiger partial charge in [0.2, 0.25) is 5.91 Å². The third-order valence-electron chi connectivity index (χ3n) is 3.93. The number of amides is 1. The standard InChI is InChI=1S/C17H22N4O2/c1-20(13-17(22)21-9-7-18-8-10-21)12-15-11-16(19-23-15)14-5-3-2-4-6-14/h2-6,11,18H,7-10,12-13H2,1H3. The maximum atomic E-state index is 12.2. The van der Waals surface area contributed by atoms with E-state index >= 15 is 0 Å². The number of carbonyl (C=O) groups is 1. The number of aromatic nitrogens is 1. The van der Waals surface area contributed by atoms with Gasteiger partial charge in [-0.3, -0.25) is 9.69 Å². The van der Waals surface area contributed by atoms with Crippen LogP contribution in [0.4, 0.5) is 0 Å². The maximum absolute atomic E-state index is 12.2. The van der Waals surface area contributed by atoms with Crippen LogP contribution in [0.1, 0.15) is 5.76 Å². The van der Waals surface area contributed by atoms with Crippen LogP contribution in [0.25, 0.3) is 11.3 Å². The lowest BCUT2D eigenvalue weighted by molar-refractivity contribution is -0.132. The van der Waals surface area contributed by atoms with Gasteiger partial charge in [-0.1, -0.05) is 35.5 Å². The lowest BCUT2D eigenvalue weighted by Crippen LogP contribution is -2.49. The molecule has 0 spiro atoms. The molecule has 2 heterocycles. The summed E-state index contributed by atoms with van der Waals surface area (Å²) in [7, 11) is 1.92. The van der Waals surface area contributed by atoms with E-state index in [0.29, 0.717) is 13.1 Å². The van der Waals surface area contributed by atoms with Crippen LogP contribution in [-0.4, -0.2) is 60.6 Å². The predicted molar refractivity (Wildman–Crippen MR) is 87.7 cm³/mol. The minimum Gasteiger partial charge on any atom is -0.359 e. The molecule has 0 bridgehead atoms. The van der Waals surface area contributed by atoms with Crippen LogP contribution >= 0.6 is 0 Å². The summed E-state index contributed by atoms with van der Waals surface area (Å²) in [6.45, 7) is 4.27. The molecule has 1 fully saturated rings. The van der Waals surface area contributed by atoms with Gasteiger partial charge in [-0.15, -0.1) is 0 Å². The highest BCUT2D eigenvalue weighted by molar-refractivity contribution is 5.78. The molecular weight excluding hydrogens is 292 g/mol. The van der Waals surface area contributed by atoms with Crippen molar-refractivity contribution in [3.8, 4) is 11.3 Å². The second-order valence-electron chi connectivity index (χ2n) is 5.85. The van der Waals surface area contributed by atoms with Gasteiger partial charge in [0.05, 0.1) is 13.1 Å². The number of benzene rings is 1. The lowest BCUT2D eigenvalue weighted by Gasteiger charge is -2.29. The first-order valence-electron chi connectivity index (χ1n) is 7.90. The van der Waals surface area contributed by atoms with E-state index in [0.717, 1.165) is 43.2 Å². The molecule has 6 nitrogen and oxygen atoms in total. The molecule has 6 heteroatoms. The van der Waals surface area contributed by atoms with Crippen molar-refractivity contribution < 1.29 is 9.32 Å². The van der Waals surface area contributed by atoms with E-state index in [-0.39, 0.29) is 5.91 Å². The number of piperazine rings is 1. The second-order valence-corrected chi connectivity index (χ2v) is 5.85. The normalized spacial score (nSPS) is 15.1. The Morgan fingerprint density at radius 1 is 1.30 bits per heavy atom. The molecule has 3 rings (SSSR count). The van der Waals surface area contributed by atoms with Gasteiger partial charge in [0.25, 0.3) is 0 Å². The summed E-state index contributed by atoms with van der Waals surface area (Å²) in [5.41, 5.74) is 1.85. The Balaban J connectivity index is 1.54. The fourth-order valence-electron chi connectivity index (χ4n) is 2.70. The Hall–Kier alpha value is -2.18. The molecule has 1 aliphatic rings. The first-order valence-corrected chi connectivity index (χ1v) is 7.90. The number of nitrogens with one attached hydrogen (secondary N) is 1. The van der Waals surface area contributed by atoms with Gasteiger partial charge in [-0.25, -0.2) is 0 Å². The predicted octanol–water partition coefficient (Wildman–Crippen LogP) is 1.21. The summed E-state index contributed by atoms with van der Waals surface area (Å²) in [6.07, 6.45) is 0. The Kier molecular flexibility index (Phi) is 5.05. The fraction of sp³-hybridized carbons (Fsp3) is 0.412. The van der Waals surface area contributed by atoms with Crippen molar-refractivity contribution in [2.75, 3.05) is 39.8 Å². The van der Waals surface area contributed by atoms with Crippen LogP contribution < -0.4 is 5.32 Å². The van der Waals surface area contributed by atoms with Gasteiger partial charge in [-0.2, -0.15) is 0 Å². The highest BCUT2D eigenvalue weighted by atomic mass is 16.5. The summed E-state index contributed by atoms with van der Waals surface area (Å²) in [5.74, 6) is 0.927. The summed E-state index contributed by atoms with van der Waals surface area (Å²) >= 11 is 0. The van der Waals surface area contributed by atoms with Crippen molar-refractivity contribution in [1.29, 1.82) is 0 Å². The zero-order valence-electron chi connectivity index (χ0n) is 13.4. The number of hydrogen-bond donors (Lipinski definition) is 1. The number of nitrogens with zero attached hydrogens (tertiary/aromatic N) is 3. The van der Waals surface area contributed by atoms with Gasteiger partial charge in [0.1, 0.15) is 5.69 Å². The molecule has 1 saturated heterocycles. The number of carbonyl (C=O) groups excluding carboxylic acids is 1. The van der Waals surface area contributed by atoms with Crippen molar-refractivity contribution in [2.45, 2.75) is 6.54 Å². The van der Waals surface area contributed by atoms with Crippen LogP contribution in [0.5, 0.6) is 0 Å². The number of likely N-dealkylation sites (N-methyl/N-ethyl adjacent to an activating group) is 1. The molecule has 122 valence electrons. The van der Waals surface area contributed by atoms with Gasteiger partial charge >= 0.3 is 0 Å². The quantitative estimate of drug-likeness (QED) is 0.899. The zero-order chi connectivity index (χ0) is 16.1. The average molecular weight is 314 g/mol. The Morgan fingerprint density at radius 3 is 2.78 bits per heavy atom. The average Bonchev–Trinajstić information content (AvgIpc) is 3.04. The molecule has 0 unspecified atom stereocenters. The smallest absolute Gasteiger partial charge is 0.236 e. The number of hydrogen-bond acceptors (Lipinski definition) is 5. The van der Waals surface area contributed by atoms with E-state index in [2.05, 4.69) is 10.5 Å². The SMILES string of the molecule is CN(CC(=O)N1CCNCC1)Cc1cc(-c2ccccc2)no1. The van der Waals surface area contributed by atoms with Crippen molar-refractivity contribution in [1.82, 2.24) is 20.3 Å². The zero-order valence-corrected chi connectivity index (χ0v) is 13.4. The molecule has 1 aliphatic heterocycles. The molecule has 0 atom stereocenters.